The van der Waals surface area contributed by atoms with Crippen LogP contribution in [0.1, 0.15) is 18.4 Å². The first-order valence-corrected chi connectivity index (χ1v) is 6.72. The van der Waals surface area contributed by atoms with Crippen LogP contribution in [0.2, 0.25) is 0 Å². The lowest BCUT2D eigenvalue weighted by atomic mass is 10.1. The third kappa shape index (κ3) is 3.77. The predicted molar refractivity (Wildman–Crippen MR) is 72.3 cm³/mol. The molecule has 0 amide bonds. The number of hydrogen-bond acceptors (Lipinski definition) is 4. The average molecular weight is 249 g/mol. The van der Waals surface area contributed by atoms with Gasteiger partial charge in [-0.25, -0.2) is 0 Å². The highest BCUT2D eigenvalue weighted by Gasteiger charge is 2.21. The zero-order valence-corrected chi connectivity index (χ0v) is 11.1. The maximum absolute atomic E-state index is 9.15. The molecule has 1 atom stereocenters. The number of pyridine rings is 1. The standard InChI is InChI=1S/C14H23N3O/c1-16-7-3-8-17(12-14(16)5-9-18)11-13-4-2-6-15-10-13/h2,4,6,10,14,18H,3,5,7-9,11-12H2,1H3. The number of rotatable bonds is 4. The van der Waals surface area contributed by atoms with E-state index in [2.05, 4.69) is 27.9 Å². The Bertz CT molecular complexity index is 344. The zero-order chi connectivity index (χ0) is 12.8. The Hall–Kier alpha value is -0.970. The molecule has 100 valence electrons. The summed E-state index contributed by atoms with van der Waals surface area (Å²) < 4.78 is 0. The second kappa shape index (κ2) is 6.83. The van der Waals surface area contributed by atoms with Gasteiger partial charge in [-0.2, -0.15) is 0 Å². The van der Waals surface area contributed by atoms with Crippen LogP contribution in [0.15, 0.2) is 24.5 Å². The fourth-order valence-electron chi connectivity index (χ4n) is 2.61. The van der Waals surface area contributed by atoms with Gasteiger partial charge in [-0.05, 0) is 44.6 Å². The van der Waals surface area contributed by atoms with Crippen molar-refractivity contribution in [1.29, 1.82) is 0 Å². The summed E-state index contributed by atoms with van der Waals surface area (Å²) in [5.41, 5.74) is 1.27. The normalized spacial score (nSPS) is 22.9. The lowest BCUT2D eigenvalue weighted by molar-refractivity contribution is 0.162. The molecular weight excluding hydrogens is 226 g/mol. The van der Waals surface area contributed by atoms with E-state index in [1.807, 2.05) is 18.5 Å². The van der Waals surface area contributed by atoms with Crippen LogP contribution < -0.4 is 0 Å². The van der Waals surface area contributed by atoms with Gasteiger partial charge in [-0.3, -0.25) is 9.88 Å². The zero-order valence-electron chi connectivity index (χ0n) is 11.1. The van der Waals surface area contributed by atoms with Gasteiger partial charge in [-0.1, -0.05) is 6.07 Å². The van der Waals surface area contributed by atoms with Crippen LogP contribution in [0, 0.1) is 0 Å². The highest BCUT2D eigenvalue weighted by atomic mass is 16.3. The second-order valence-corrected chi connectivity index (χ2v) is 5.10. The fraction of sp³-hybridized carbons (Fsp3) is 0.643. The van der Waals surface area contributed by atoms with Gasteiger partial charge in [0, 0.05) is 38.1 Å². The van der Waals surface area contributed by atoms with Crippen molar-refractivity contribution in [3.8, 4) is 0 Å². The molecule has 1 saturated heterocycles. The molecule has 1 aromatic rings. The molecule has 0 aromatic carbocycles. The van der Waals surface area contributed by atoms with Crippen LogP contribution in [0.4, 0.5) is 0 Å². The molecule has 0 bridgehead atoms. The number of nitrogens with zero attached hydrogens (tertiary/aromatic N) is 3. The summed E-state index contributed by atoms with van der Waals surface area (Å²) in [6, 6.07) is 4.59. The van der Waals surface area contributed by atoms with E-state index in [4.69, 9.17) is 5.11 Å². The van der Waals surface area contributed by atoms with E-state index in [1.165, 1.54) is 12.0 Å². The molecule has 1 unspecified atom stereocenters. The SMILES string of the molecule is CN1CCCN(Cc2cccnc2)CC1CCO. The van der Waals surface area contributed by atoms with Crippen LogP contribution in [-0.2, 0) is 6.54 Å². The summed E-state index contributed by atoms with van der Waals surface area (Å²) in [6.45, 7) is 4.51. The van der Waals surface area contributed by atoms with Gasteiger partial charge < -0.3 is 10.0 Å². The summed E-state index contributed by atoms with van der Waals surface area (Å²) >= 11 is 0. The summed E-state index contributed by atoms with van der Waals surface area (Å²) in [4.78, 5) is 9.01. The van der Waals surface area contributed by atoms with E-state index in [0.717, 1.165) is 32.6 Å². The van der Waals surface area contributed by atoms with Crippen LogP contribution >= 0.6 is 0 Å². The third-order valence-electron chi connectivity index (χ3n) is 3.67. The van der Waals surface area contributed by atoms with Gasteiger partial charge in [0.25, 0.3) is 0 Å². The number of hydrogen-bond donors (Lipinski definition) is 1. The van der Waals surface area contributed by atoms with Gasteiger partial charge in [-0.15, -0.1) is 0 Å². The maximum Gasteiger partial charge on any atom is 0.0446 e. The highest BCUT2D eigenvalue weighted by Crippen LogP contribution is 2.13. The van der Waals surface area contributed by atoms with Crippen LogP contribution in [0.5, 0.6) is 0 Å². The lowest BCUT2D eigenvalue weighted by Gasteiger charge is -2.28. The molecule has 1 fully saturated rings. The minimum absolute atomic E-state index is 0.274. The summed E-state index contributed by atoms with van der Waals surface area (Å²) in [5, 5.41) is 9.15. The molecule has 0 aliphatic carbocycles. The summed E-state index contributed by atoms with van der Waals surface area (Å²) in [7, 11) is 2.16. The lowest BCUT2D eigenvalue weighted by Crippen LogP contribution is -2.39. The van der Waals surface area contributed by atoms with Crippen molar-refractivity contribution in [2.24, 2.45) is 0 Å². The predicted octanol–water partition coefficient (Wildman–Crippen LogP) is 0.970. The molecule has 18 heavy (non-hydrogen) atoms. The molecule has 1 N–H and O–H groups in total. The summed E-state index contributed by atoms with van der Waals surface area (Å²) in [5.74, 6) is 0. The molecule has 0 saturated carbocycles. The minimum Gasteiger partial charge on any atom is -0.396 e. The van der Waals surface area contributed by atoms with Crippen molar-refractivity contribution < 1.29 is 5.11 Å². The van der Waals surface area contributed by atoms with Gasteiger partial charge >= 0.3 is 0 Å². The molecule has 4 nitrogen and oxygen atoms in total. The van der Waals surface area contributed by atoms with Crippen LogP contribution in [0.3, 0.4) is 0 Å². The van der Waals surface area contributed by atoms with Gasteiger partial charge in [0.2, 0.25) is 0 Å². The largest absolute Gasteiger partial charge is 0.396 e. The smallest absolute Gasteiger partial charge is 0.0446 e. The van der Waals surface area contributed by atoms with E-state index in [9.17, 15) is 0 Å². The van der Waals surface area contributed by atoms with Crippen molar-refractivity contribution in [3.63, 3.8) is 0 Å². The van der Waals surface area contributed by atoms with E-state index in [-0.39, 0.29) is 6.61 Å². The Labute approximate surface area is 109 Å². The maximum atomic E-state index is 9.15. The quantitative estimate of drug-likeness (QED) is 0.863. The van der Waals surface area contributed by atoms with Crippen molar-refractivity contribution in [3.05, 3.63) is 30.1 Å². The molecule has 2 heterocycles. The van der Waals surface area contributed by atoms with Crippen molar-refractivity contribution in [2.75, 3.05) is 33.3 Å². The first-order valence-electron chi connectivity index (χ1n) is 6.72. The number of aliphatic hydroxyl groups excluding tert-OH is 1. The minimum atomic E-state index is 0.274. The van der Waals surface area contributed by atoms with Gasteiger partial charge in [0.05, 0.1) is 0 Å². The first-order chi connectivity index (χ1) is 8.79. The van der Waals surface area contributed by atoms with Crippen LogP contribution in [-0.4, -0.2) is 59.2 Å². The Morgan fingerprint density at radius 2 is 2.33 bits per heavy atom. The topological polar surface area (TPSA) is 39.6 Å². The van der Waals surface area contributed by atoms with E-state index in [1.54, 1.807) is 0 Å². The van der Waals surface area contributed by atoms with Crippen molar-refractivity contribution >= 4 is 0 Å². The van der Waals surface area contributed by atoms with Crippen LogP contribution in [0.25, 0.3) is 0 Å². The molecule has 2 rings (SSSR count). The number of aromatic nitrogens is 1. The van der Waals surface area contributed by atoms with E-state index >= 15 is 0 Å². The Morgan fingerprint density at radius 1 is 1.44 bits per heavy atom. The molecule has 0 radical (unpaired) electrons. The summed E-state index contributed by atoms with van der Waals surface area (Å²) in [6.07, 6.45) is 5.81. The van der Waals surface area contributed by atoms with E-state index < -0.39 is 0 Å². The Balaban J connectivity index is 1.95. The van der Waals surface area contributed by atoms with Crippen molar-refractivity contribution in [2.45, 2.75) is 25.4 Å². The molecule has 1 aromatic heterocycles. The first kappa shape index (κ1) is 13.5. The highest BCUT2D eigenvalue weighted by molar-refractivity contribution is 5.08. The fourth-order valence-corrected chi connectivity index (χ4v) is 2.61. The monoisotopic (exact) mass is 249 g/mol. The average Bonchev–Trinajstić information content (AvgIpc) is 2.54. The Kier molecular flexibility index (Phi) is 5.11. The third-order valence-corrected chi connectivity index (χ3v) is 3.67. The molecule has 1 aliphatic rings. The van der Waals surface area contributed by atoms with Gasteiger partial charge in [0.1, 0.15) is 0 Å². The molecular formula is C14H23N3O. The number of likely N-dealkylation sites (N-methyl/N-ethyl adjacent to an activating group) is 1. The van der Waals surface area contributed by atoms with Gasteiger partial charge in [0.15, 0.2) is 0 Å². The molecule has 4 heteroatoms. The molecule has 0 spiro atoms. The Morgan fingerprint density at radius 3 is 3.06 bits per heavy atom. The van der Waals surface area contributed by atoms with E-state index in [0.29, 0.717) is 6.04 Å². The molecule has 1 aliphatic heterocycles. The number of aliphatic hydroxyl groups is 1. The second-order valence-electron chi connectivity index (χ2n) is 5.10. The van der Waals surface area contributed by atoms with Crippen molar-refractivity contribution in [1.82, 2.24) is 14.8 Å².